The monoisotopic (exact) mass is 318 g/mol. The largest absolute Gasteiger partial charge is 0.481 e. The number of carboxylic acid groups (broad SMARTS) is 1. The fourth-order valence-corrected chi connectivity index (χ4v) is 2.75. The normalized spacial score (nSPS) is 19.3. The first-order valence-electron chi connectivity index (χ1n) is 8.96. The van der Waals surface area contributed by atoms with E-state index >= 15 is 0 Å². The van der Waals surface area contributed by atoms with Crippen LogP contribution in [0.5, 0.6) is 0 Å². The van der Waals surface area contributed by atoms with Crippen molar-refractivity contribution in [2.75, 3.05) is 0 Å². The molecule has 0 aromatic heterocycles. The standard InChI is InChI=1S/C20H30O3/c1-2-3-4-5-6-9-12-17-15-16-19(21)18(17)13-10-7-8-11-14-20(22)23/h9,12-13,15-17H,2-8,10-11,14H2,1H3,(H,22,23)/b12-9+,18-13+/t17-/m1/s1. The summed E-state index contributed by atoms with van der Waals surface area (Å²) in [4.78, 5) is 22.3. The Morgan fingerprint density at radius 3 is 2.61 bits per heavy atom. The van der Waals surface area contributed by atoms with Crippen LogP contribution < -0.4 is 0 Å². The fourth-order valence-electron chi connectivity index (χ4n) is 2.75. The lowest BCUT2D eigenvalue weighted by Gasteiger charge is -2.05. The smallest absolute Gasteiger partial charge is 0.303 e. The van der Waals surface area contributed by atoms with Crippen LogP contribution in [0.1, 0.15) is 71.1 Å². The van der Waals surface area contributed by atoms with Gasteiger partial charge < -0.3 is 5.11 Å². The van der Waals surface area contributed by atoms with Crippen molar-refractivity contribution in [3.63, 3.8) is 0 Å². The number of carbonyl (C=O) groups excluding carboxylic acids is 1. The van der Waals surface area contributed by atoms with Gasteiger partial charge in [-0.05, 0) is 38.2 Å². The van der Waals surface area contributed by atoms with Crippen molar-refractivity contribution in [1.82, 2.24) is 0 Å². The van der Waals surface area contributed by atoms with Crippen molar-refractivity contribution >= 4 is 11.8 Å². The molecule has 0 saturated carbocycles. The molecule has 3 nitrogen and oxygen atoms in total. The number of hydrogen-bond donors (Lipinski definition) is 1. The minimum atomic E-state index is -0.734. The van der Waals surface area contributed by atoms with E-state index < -0.39 is 5.97 Å². The number of unbranched alkanes of at least 4 members (excludes halogenated alkanes) is 7. The SMILES string of the molecule is CCCCCC/C=C/[C@@H]1C=CC(=O)/C1=C/CCCCCC(=O)O. The Bertz CT molecular complexity index is 458. The van der Waals surface area contributed by atoms with E-state index in [4.69, 9.17) is 5.11 Å². The summed E-state index contributed by atoms with van der Waals surface area (Å²) in [5.74, 6) is -0.480. The number of aliphatic carboxylic acids is 1. The summed E-state index contributed by atoms with van der Waals surface area (Å²) in [5.41, 5.74) is 0.882. The number of hydrogen-bond acceptors (Lipinski definition) is 2. The molecule has 128 valence electrons. The number of allylic oxidation sites excluding steroid dienone is 6. The predicted molar refractivity (Wildman–Crippen MR) is 94.3 cm³/mol. The average Bonchev–Trinajstić information content (AvgIpc) is 2.86. The van der Waals surface area contributed by atoms with E-state index in [-0.39, 0.29) is 18.1 Å². The lowest BCUT2D eigenvalue weighted by molar-refractivity contribution is -0.137. The second-order valence-electron chi connectivity index (χ2n) is 6.18. The number of carbonyl (C=O) groups is 2. The zero-order valence-electron chi connectivity index (χ0n) is 14.3. The molecule has 1 aliphatic rings. The molecular formula is C20H30O3. The van der Waals surface area contributed by atoms with Crippen LogP contribution in [0.4, 0.5) is 0 Å². The highest BCUT2D eigenvalue weighted by Crippen LogP contribution is 2.24. The summed E-state index contributed by atoms with van der Waals surface area (Å²) < 4.78 is 0. The summed E-state index contributed by atoms with van der Waals surface area (Å²) in [6, 6.07) is 0. The van der Waals surface area contributed by atoms with Gasteiger partial charge in [0.2, 0.25) is 0 Å². The maximum Gasteiger partial charge on any atom is 0.303 e. The Morgan fingerprint density at radius 1 is 1.13 bits per heavy atom. The van der Waals surface area contributed by atoms with E-state index in [0.29, 0.717) is 6.42 Å². The predicted octanol–water partition coefficient (Wildman–Crippen LogP) is 5.23. The first-order chi connectivity index (χ1) is 11.1. The van der Waals surface area contributed by atoms with Crippen molar-refractivity contribution in [1.29, 1.82) is 0 Å². The van der Waals surface area contributed by atoms with Gasteiger partial charge in [0.25, 0.3) is 0 Å². The lowest BCUT2D eigenvalue weighted by atomic mass is 9.98. The molecule has 23 heavy (non-hydrogen) atoms. The van der Waals surface area contributed by atoms with Gasteiger partial charge in [-0.1, -0.05) is 56.9 Å². The maximum atomic E-state index is 11.9. The number of carboxylic acids is 1. The van der Waals surface area contributed by atoms with Crippen molar-refractivity contribution in [2.24, 2.45) is 5.92 Å². The molecule has 0 fully saturated rings. The van der Waals surface area contributed by atoms with Crippen molar-refractivity contribution in [2.45, 2.75) is 71.1 Å². The highest BCUT2D eigenvalue weighted by Gasteiger charge is 2.19. The summed E-state index contributed by atoms with van der Waals surface area (Å²) in [6.07, 6.45) is 19.8. The van der Waals surface area contributed by atoms with Crippen LogP contribution in [0.2, 0.25) is 0 Å². The van der Waals surface area contributed by atoms with Gasteiger partial charge in [0, 0.05) is 17.9 Å². The van der Waals surface area contributed by atoms with E-state index in [1.54, 1.807) is 6.08 Å². The van der Waals surface area contributed by atoms with Crippen LogP contribution in [0, 0.1) is 5.92 Å². The van der Waals surface area contributed by atoms with Crippen LogP contribution in [0.25, 0.3) is 0 Å². The van der Waals surface area contributed by atoms with Gasteiger partial charge >= 0.3 is 5.97 Å². The molecule has 1 atom stereocenters. The maximum absolute atomic E-state index is 11.9. The quantitative estimate of drug-likeness (QED) is 0.304. The van der Waals surface area contributed by atoms with Gasteiger partial charge in [0.1, 0.15) is 0 Å². The molecule has 0 unspecified atom stereocenters. The molecule has 0 amide bonds. The fraction of sp³-hybridized carbons (Fsp3) is 0.600. The summed E-state index contributed by atoms with van der Waals surface area (Å²) in [5, 5.41) is 8.59. The molecule has 0 saturated heterocycles. The van der Waals surface area contributed by atoms with E-state index in [9.17, 15) is 9.59 Å². The van der Waals surface area contributed by atoms with Crippen molar-refractivity contribution in [3.8, 4) is 0 Å². The summed E-state index contributed by atoms with van der Waals surface area (Å²) in [6.45, 7) is 2.21. The van der Waals surface area contributed by atoms with Crippen molar-refractivity contribution < 1.29 is 14.7 Å². The summed E-state index contributed by atoms with van der Waals surface area (Å²) in [7, 11) is 0. The highest BCUT2D eigenvalue weighted by atomic mass is 16.4. The van der Waals surface area contributed by atoms with Gasteiger partial charge in [-0.3, -0.25) is 9.59 Å². The van der Waals surface area contributed by atoms with Gasteiger partial charge in [-0.2, -0.15) is 0 Å². The van der Waals surface area contributed by atoms with Crippen LogP contribution in [0.3, 0.4) is 0 Å². The second kappa shape index (κ2) is 11.9. The molecule has 3 heteroatoms. The molecule has 1 N–H and O–H groups in total. The van der Waals surface area contributed by atoms with Gasteiger partial charge in [-0.25, -0.2) is 0 Å². The van der Waals surface area contributed by atoms with E-state index in [0.717, 1.165) is 31.3 Å². The molecule has 0 aliphatic heterocycles. The Labute approximate surface area is 140 Å². The zero-order valence-corrected chi connectivity index (χ0v) is 14.3. The van der Waals surface area contributed by atoms with Crippen LogP contribution in [-0.4, -0.2) is 16.9 Å². The molecule has 0 aromatic rings. The van der Waals surface area contributed by atoms with Crippen LogP contribution >= 0.6 is 0 Å². The molecule has 0 aromatic carbocycles. The third-order valence-corrected chi connectivity index (χ3v) is 4.13. The highest BCUT2D eigenvalue weighted by molar-refractivity contribution is 6.07. The molecule has 1 aliphatic carbocycles. The van der Waals surface area contributed by atoms with E-state index in [2.05, 4.69) is 19.1 Å². The zero-order chi connectivity index (χ0) is 16.9. The molecule has 0 radical (unpaired) electrons. The van der Waals surface area contributed by atoms with Gasteiger partial charge in [0.15, 0.2) is 5.78 Å². The van der Waals surface area contributed by atoms with E-state index in [1.165, 1.54) is 25.7 Å². The Morgan fingerprint density at radius 2 is 1.87 bits per heavy atom. The first-order valence-corrected chi connectivity index (χ1v) is 8.96. The first kappa shape index (κ1) is 19.4. The molecule has 1 rings (SSSR count). The Kier molecular flexibility index (Phi) is 10.0. The number of rotatable bonds is 12. The van der Waals surface area contributed by atoms with E-state index in [1.807, 2.05) is 12.2 Å². The van der Waals surface area contributed by atoms with Gasteiger partial charge in [0.05, 0.1) is 0 Å². The Hall–Kier alpha value is -1.64. The van der Waals surface area contributed by atoms with Crippen LogP contribution in [-0.2, 0) is 9.59 Å². The Balaban J connectivity index is 2.30. The third-order valence-electron chi connectivity index (χ3n) is 4.13. The number of ketones is 1. The average molecular weight is 318 g/mol. The topological polar surface area (TPSA) is 54.4 Å². The minimum absolute atomic E-state index is 0.121. The second-order valence-corrected chi connectivity index (χ2v) is 6.18. The minimum Gasteiger partial charge on any atom is -0.481 e. The molecule has 0 heterocycles. The molecular weight excluding hydrogens is 288 g/mol. The lowest BCUT2D eigenvalue weighted by Crippen LogP contribution is -2.00. The van der Waals surface area contributed by atoms with Crippen molar-refractivity contribution in [3.05, 3.63) is 36.0 Å². The van der Waals surface area contributed by atoms with Gasteiger partial charge in [-0.15, -0.1) is 0 Å². The van der Waals surface area contributed by atoms with Crippen LogP contribution in [0.15, 0.2) is 36.0 Å². The molecule has 0 bridgehead atoms. The third kappa shape index (κ3) is 8.53. The summed E-state index contributed by atoms with van der Waals surface area (Å²) >= 11 is 0. The molecule has 0 spiro atoms.